The van der Waals surface area contributed by atoms with Crippen LogP contribution in [-0.2, 0) is 0 Å². The predicted molar refractivity (Wildman–Crippen MR) is 59.5 cm³/mol. The summed E-state index contributed by atoms with van der Waals surface area (Å²) in [6.45, 7) is 4.65. The Balaban J connectivity index is 2.42. The normalized spacial score (nSPS) is 11.9. The van der Waals surface area contributed by atoms with E-state index in [1.54, 1.807) is 12.4 Å². The van der Waals surface area contributed by atoms with Crippen molar-refractivity contribution in [1.29, 1.82) is 0 Å². The maximum atomic E-state index is 11.3. The number of nitrogens with one attached hydrogen (secondary N) is 2. The first kappa shape index (κ1) is 11.5. The number of carbonyl (C=O) groups is 1. The number of nitrogens with zero attached hydrogens (tertiary/aromatic N) is 1. The molecule has 2 N–H and O–H groups in total. The van der Waals surface area contributed by atoms with Crippen LogP contribution in [0.25, 0.3) is 0 Å². The molecule has 0 fully saturated rings. The molecule has 1 rings (SSSR count). The van der Waals surface area contributed by atoms with E-state index in [0.29, 0.717) is 6.54 Å². The summed E-state index contributed by atoms with van der Waals surface area (Å²) in [6, 6.07) is 3.65. The highest BCUT2D eigenvalue weighted by atomic mass is 16.2. The number of carbonyl (C=O) groups excluding carboxylic acids is 1. The van der Waals surface area contributed by atoms with Gasteiger partial charge in [-0.1, -0.05) is 13.0 Å². The summed E-state index contributed by atoms with van der Waals surface area (Å²) in [7, 11) is 0. The molecule has 1 aromatic rings. The van der Waals surface area contributed by atoms with Gasteiger partial charge >= 0.3 is 6.03 Å². The van der Waals surface area contributed by atoms with Gasteiger partial charge in [0.1, 0.15) is 0 Å². The molecule has 4 nitrogen and oxygen atoms in total. The van der Waals surface area contributed by atoms with Crippen LogP contribution in [0.2, 0.25) is 0 Å². The van der Waals surface area contributed by atoms with Crippen molar-refractivity contribution in [1.82, 2.24) is 15.6 Å². The van der Waals surface area contributed by atoms with E-state index >= 15 is 0 Å². The summed E-state index contributed by atoms with van der Waals surface area (Å²) in [6.07, 6.45) is 4.41. The predicted octanol–water partition coefficient (Wildman–Crippen LogP) is 1.85. The highest BCUT2D eigenvalue weighted by Crippen LogP contribution is 2.08. The number of aromatic nitrogens is 1. The molecule has 0 bridgehead atoms. The van der Waals surface area contributed by atoms with Crippen molar-refractivity contribution in [3.8, 4) is 0 Å². The Morgan fingerprint density at radius 3 is 3.00 bits per heavy atom. The molecule has 0 saturated carbocycles. The SMILES string of the molecule is CCCNC(=O)N[C@@H](C)c1cccnc1. The van der Waals surface area contributed by atoms with E-state index < -0.39 is 0 Å². The van der Waals surface area contributed by atoms with Gasteiger partial charge in [-0.3, -0.25) is 4.98 Å². The standard InChI is InChI=1S/C11H17N3O/c1-3-6-13-11(15)14-9(2)10-5-4-7-12-8-10/h4-5,7-9H,3,6H2,1-2H3,(H2,13,14,15)/t9-/m0/s1. The number of amides is 2. The van der Waals surface area contributed by atoms with Crippen LogP contribution in [0.4, 0.5) is 4.79 Å². The molecule has 0 aliphatic rings. The summed E-state index contributed by atoms with van der Waals surface area (Å²) in [5, 5.41) is 5.60. The van der Waals surface area contributed by atoms with Crippen LogP contribution in [0.5, 0.6) is 0 Å². The molecule has 0 aliphatic carbocycles. The Morgan fingerprint density at radius 2 is 2.40 bits per heavy atom. The zero-order chi connectivity index (χ0) is 11.1. The first-order chi connectivity index (χ1) is 7.24. The molecule has 1 atom stereocenters. The third-order valence-electron chi connectivity index (χ3n) is 2.07. The summed E-state index contributed by atoms with van der Waals surface area (Å²) < 4.78 is 0. The molecule has 1 aromatic heterocycles. The summed E-state index contributed by atoms with van der Waals surface area (Å²) >= 11 is 0. The molecule has 4 heteroatoms. The first-order valence-corrected chi connectivity index (χ1v) is 5.18. The topological polar surface area (TPSA) is 54.0 Å². The van der Waals surface area contributed by atoms with Crippen molar-refractivity contribution in [3.63, 3.8) is 0 Å². The minimum atomic E-state index is -0.131. The third-order valence-corrected chi connectivity index (χ3v) is 2.07. The van der Waals surface area contributed by atoms with Crippen LogP contribution in [0, 0.1) is 0 Å². The number of pyridine rings is 1. The van der Waals surface area contributed by atoms with Gasteiger partial charge in [0.2, 0.25) is 0 Å². The maximum absolute atomic E-state index is 11.3. The summed E-state index contributed by atoms with van der Waals surface area (Å²) in [5.41, 5.74) is 1.00. The molecule has 0 unspecified atom stereocenters. The minimum Gasteiger partial charge on any atom is -0.338 e. The van der Waals surface area contributed by atoms with Gasteiger partial charge in [0.15, 0.2) is 0 Å². The average Bonchev–Trinajstić information content (AvgIpc) is 2.27. The van der Waals surface area contributed by atoms with Gasteiger partial charge in [0, 0.05) is 18.9 Å². The molecule has 0 radical (unpaired) electrons. The first-order valence-electron chi connectivity index (χ1n) is 5.18. The largest absolute Gasteiger partial charge is 0.338 e. The van der Waals surface area contributed by atoms with Gasteiger partial charge < -0.3 is 10.6 Å². The Kier molecular flexibility index (Phi) is 4.60. The number of urea groups is 1. The van der Waals surface area contributed by atoms with Gasteiger partial charge in [0.05, 0.1) is 6.04 Å². The van der Waals surface area contributed by atoms with E-state index in [4.69, 9.17) is 0 Å². The third kappa shape index (κ3) is 3.97. The Hall–Kier alpha value is -1.58. The highest BCUT2D eigenvalue weighted by Gasteiger charge is 2.07. The van der Waals surface area contributed by atoms with Crippen LogP contribution in [0.15, 0.2) is 24.5 Å². The number of hydrogen-bond donors (Lipinski definition) is 2. The second-order valence-corrected chi connectivity index (χ2v) is 3.41. The monoisotopic (exact) mass is 207 g/mol. The van der Waals surface area contributed by atoms with Crippen LogP contribution in [0.1, 0.15) is 31.9 Å². The minimum absolute atomic E-state index is 0.0180. The lowest BCUT2D eigenvalue weighted by molar-refractivity contribution is 0.238. The molecule has 0 aromatic carbocycles. The van der Waals surface area contributed by atoms with Crippen molar-refractivity contribution in [2.45, 2.75) is 26.3 Å². The smallest absolute Gasteiger partial charge is 0.315 e. The molecule has 0 spiro atoms. The molecule has 82 valence electrons. The van der Waals surface area contributed by atoms with Gasteiger partial charge in [0.25, 0.3) is 0 Å². The summed E-state index contributed by atoms with van der Waals surface area (Å²) in [4.78, 5) is 15.3. The fraction of sp³-hybridized carbons (Fsp3) is 0.455. The molecule has 15 heavy (non-hydrogen) atoms. The number of rotatable bonds is 4. The van der Waals surface area contributed by atoms with Gasteiger partial charge in [-0.05, 0) is 25.0 Å². The van der Waals surface area contributed by atoms with Crippen molar-refractivity contribution >= 4 is 6.03 Å². The second kappa shape index (κ2) is 6.01. The van der Waals surface area contributed by atoms with Crippen LogP contribution in [-0.4, -0.2) is 17.6 Å². The Labute approximate surface area is 90.1 Å². The van der Waals surface area contributed by atoms with E-state index in [1.807, 2.05) is 26.0 Å². The molecular formula is C11H17N3O. The fourth-order valence-electron chi connectivity index (χ4n) is 1.20. The molecule has 2 amide bonds. The van der Waals surface area contributed by atoms with Crippen molar-refractivity contribution in [2.24, 2.45) is 0 Å². The highest BCUT2D eigenvalue weighted by molar-refractivity contribution is 5.74. The van der Waals surface area contributed by atoms with Crippen LogP contribution >= 0.6 is 0 Å². The van der Waals surface area contributed by atoms with E-state index in [1.165, 1.54) is 0 Å². The zero-order valence-corrected chi connectivity index (χ0v) is 9.16. The van der Waals surface area contributed by atoms with Crippen molar-refractivity contribution in [3.05, 3.63) is 30.1 Å². The molecule has 0 saturated heterocycles. The zero-order valence-electron chi connectivity index (χ0n) is 9.16. The second-order valence-electron chi connectivity index (χ2n) is 3.41. The quantitative estimate of drug-likeness (QED) is 0.791. The van der Waals surface area contributed by atoms with Gasteiger partial charge in [-0.25, -0.2) is 4.79 Å². The van der Waals surface area contributed by atoms with E-state index in [-0.39, 0.29) is 12.1 Å². The number of hydrogen-bond acceptors (Lipinski definition) is 2. The molecular weight excluding hydrogens is 190 g/mol. The van der Waals surface area contributed by atoms with E-state index in [9.17, 15) is 4.79 Å². The fourth-order valence-corrected chi connectivity index (χ4v) is 1.20. The Morgan fingerprint density at radius 1 is 1.60 bits per heavy atom. The lowest BCUT2D eigenvalue weighted by atomic mass is 10.1. The van der Waals surface area contributed by atoms with Crippen molar-refractivity contribution in [2.75, 3.05) is 6.54 Å². The average molecular weight is 207 g/mol. The van der Waals surface area contributed by atoms with E-state index in [2.05, 4.69) is 15.6 Å². The molecule has 1 heterocycles. The molecule has 0 aliphatic heterocycles. The summed E-state index contributed by atoms with van der Waals surface area (Å²) in [5.74, 6) is 0. The van der Waals surface area contributed by atoms with E-state index in [0.717, 1.165) is 12.0 Å². The lowest BCUT2D eigenvalue weighted by Gasteiger charge is -2.14. The van der Waals surface area contributed by atoms with Crippen LogP contribution < -0.4 is 10.6 Å². The lowest BCUT2D eigenvalue weighted by Crippen LogP contribution is -2.37. The van der Waals surface area contributed by atoms with Gasteiger partial charge in [-0.15, -0.1) is 0 Å². The van der Waals surface area contributed by atoms with Crippen molar-refractivity contribution < 1.29 is 4.79 Å². The Bertz CT molecular complexity index is 300. The maximum Gasteiger partial charge on any atom is 0.315 e. The van der Waals surface area contributed by atoms with Crippen LogP contribution in [0.3, 0.4) is 0 Å². The van der Waals surface area contributed by atoms with Gasteiger partial charge in [-0.2, -0.15) is 0 Å².